The molecule has 0 bridgehead atoms. The first-order valence-electron chi connectivity index (χ1n) is 6.69. The Labute approximate surface area is 135 Å². The lowest BCUT2D eigenvalue weighted by atomic mass is 10.3. The second-order valence-electron chi connectivity index (χ2n) is 4.31. The Morgan fingerprint density at radius 3 is 2.55 bits per heavy atom. The maximum atomic E-state index is 11.5. The van der Waals surface area contributed by atoms with Crippen LogP contribution < -0.4 is 10.2 Å². The Morgan fingerprint density at radius 2 is 2.00 bits per heavy atom. The van der Waals surface area contributed by atoms with Gasteiger partial charge in [-0.15, -0.1) is 0 Å². The van der Waals surface area contributed by atoms with Crippen LogP contribution in [0.25, 0.3) is 0 Å². The second-order valence-corrected chi connectivity index (χ2v) is 5.23. The van der Waals surface area contributed by atoms with E-state index in [4.69, 9.17) is 0 Å². The summed E-state index contributed by atoms with van der Waals surface area (Å²) in [7, 11) is 0. The molecule has 22 heavy (non-hydrogen) atoms. The fraction of sp³-hybridized carbons (Fsp3) is 0.308. The van der Waals surface area contributed by atoms with E-state index in [1.807, 2.05) is 13.8 Å². The summed E-state index contributed by atoms with van der Waals surface area (Å²) >= 11 is 3.29. The quantitative estimate of drug-likeness (QED) is 0.619. The number of anilines is 3. The molecule has 1 N–H and O–H groups in total. The fourth-order valence-corrected chi connectivity index (χ4v) is 2.19. The Morgan fingerprint density at radius 1 is 1.27 bits per heavy atom. The Bertz CT molecular complexity index is 660. The SMILES string of the molecule is CCN(CC)c1ncnc(Nc2ccc(Br)cn2)c1[N+](=O)[O-]. The summed E-state index contributed by atoms with van der Waals surface area (Å²) in [6, 6.07) is 3.49. The lowest BCUT2D eigenvalue weighted by Crippen LogP contribution is -2.24. The molecule has 9 heteroatoms. The topological polar surface area (TPSA) is 97.1 Å². The fourth-order valence-electron chi connectivity index (χ4n) is 1.95. The molecule has 8 nitrogen and oxygen atoms in total. The highest BCUT2D eigenvalue weighted by Crippen LogP contribution is 2.33. The van der Waals surface area contributed by atoms with E-state index >= 15 is 0 Å². The lowest BCUT2D eigenvalue weighted by molar-refractivity contribution is -0.383. The van der Waals surface area contributed by atoms with Gasteiger partial charge < -0.3 is 10.2 Å². The second kappa shape index (κ2) is 7.12. The number of pyridine rings is 1. The molecule has 0 atom stereocenters. The summed E-state index contributed by atoms with van der Waals surface area (Å²) in [4.78, 5) is 25.0. The monoisotopic (exact) mass is 366 g/mol. The van der Waals surface area contributed by atoms with Gasteiger partial charge in [-0.05, 0) is 41.9 Å². The number of rotatable bonds is 6. The van der Waals surface area contributed by atoms with Crippen LogP contribution in [0.15, 0.2) is 29.1 Å². The van der Waals surface area contributed by atoms with Gasteiger partial charge >= 0.3 is 5.69 Å². The van der Waals surface area contributed by atoms with E-state index in [9.17, 15) is 10.1 Å². The van der Waals surface area contributed by atoms with Crippen LogP contribution >= 0.6 is 15.9 Å². The standard InChI is InChI=1S/C13H15BrN6O2/c1-3-19(4-2)13-11(20(21)22)12(16-8-17-13)18-10-6-5-9(14)7-15-10/h5-8H,3-4H2,1-2H3,(H,15,16,17,18). The van der Waals surface area contributed by atoms with Crippen molar-refractivity contribution in [2.45, 2.75) is 13.8 Å². The van der Waals surface area contributed by atoms with E-state index in [0.29, 0.717) is 24.7 Å². The van der Waals surface area contributed by atoms with Gasteiger partial charge in [-0.3, -0.25) is 10.1 Å². The summed E-state index contributed by atoms with van der Waals surface area (Å²) in [6.45, 7) is 5.06. The Kier molecular flexibility index (Phi) is 5.21. The van der Waals surface area contributed by atoms with Crippen molar-refractivity contribution in [3.8, 4) is 0 Å². The van der Waals surface area contributed by atoms with Crippen LogP contribution in [-0.4, -0.2) is 33.0 Å². The summed E-state index contributed by atoms with van der Waals surface area (Å²) in [5.41, 5.74) is -0.157. The van der Waals surface area contributed by atoms with Crippen molar-refractivity contribution in [2.75, 3.05) is 23.3 Å². The van der Waals surface area contributed by atoms with Gasteiger partial charge in [-0.1, -0.05) is 0 Å². The molecule has 0 saturated heterocycles. The smallest absolute Gasteiger partial charge is 0.351 e. The zero-order chi connectivity index (χ0) is 16.1. The van der Waals surface area contributed by atoms with Crippen LogP contribution in [-0.2, 0) is 0 Å². The number of halogens is 1. The van der Waals surface area contributed by atoms with E-state index < -0.39 is 4.92 Å². The predicted molar refractivity (Wildman–Crippen MR) is 87.5 cm³/mol. The number of nitrogens with one attached hydrogen (secondary N) is 1. The first-order valence-corrected chi connectivity index (χ1v) is 7.49. The maximum Gasteiger partial charge on any atom is 0.353 e. The third-order valence-electron chi connectivity index (χ3n) is 3.02. The lowest BCUT2D eigenvalue weighted by Gasteiger charge is -2.19. The molecule has 0 saturated carbocycles. The van der Waals surface area contributed by atoms with Crippen LogP contribution in [0.3, 0.4) is 0 Å². The van der Waals surface area contributed by atoms with Crippen molar-refractivity contribution in [3.05, 3.63) is 39.2 Å². The molecule has 0 unspecified atom stereocenters. The zero-order valence-electron chi connectivity index (χ0n) is 12.2. The molecular formula is C13H15BrN6O2. The van der Waals surface area contributed by atoms with Gasteiger partial charge in [-0.2, -0.15) is 0 Å². The minimum Gasteiger partial charge on any atom is -0.351 e. The minimum absolute atomic E-state index is 0.122. The van der Waals surface area contributed by atoms with Gasteiger partial charge in [0.25, 0.3) is 0 Å². The highest BCUT2D eigenvalue weighted by atomic mass is 79.9. The van der Waals surface area contributed by atoms with Crippen molar-refractivity contribution in [1.82, 2.24) is 15.0 Å². The summed E-state index contributed by atoms with van der Waals surface area (Å²) in [5, 5.41) is 14.3. The summed E-state index contributed by atoms with van der Waals surface area (Å²) in [6.07, 6.45) is 2.91. The van der Waals surface area contributed by atoms with Crippen molar-refractivity contribution in [1.29, 1.82) is 0 Å². The molecular weight excluding hydrogens is 352 g/mol. The van der Waals surface area contributed by atoms with Crippen molar-refractivity contribution in [2.24, 2.45) is 0 Å². The molecule has 0 fully saturated rings. The van der Waals surface area contributed by atoms with Crippen LogP contribution in [0.1, 0.15) is 13.8 Å². The van der Waals surface area contributed by atoms with Crippen LogP contribution in [0.2, 0.25) is 0 Å². The van der Waals surface area contributed by atoms with Gasteiger partial charge in [0, 0.05) is 23.8 Å². The van der Waals surface area contributed by atoms with E-state index in [-0.39, 0.29) is 11.5 Å². The third-order valence-corrected chi connectivity index (χ3v) is 3.49. The van der Waals surface area contributed by atoms with Gasteiger partial charge in [0.1, 0.15) is 12.1 Å². The number of hydrogen-bond acceptors (Lipinski definition) is 7. The molecule has 2 rings (SSSR count). The van der Waals surface area contributed by atoms with Crippen LogP contribution in [0.5, 0.6) is 0 Å². The van der Waals surface area contributed by atoms with Gasteiger partial charge in [-0.25, -0.2) is 15.0 Å². The van der Waals surface area contributed by atoms with E-state index in [1.165, 1.54) is 6.33 Å². The van der Waals surface area contributed by atoms with Crippen LogP contribution in [0, 0.1) is 10.1 Å². The van der Waals surface area contributed by atoms with Gasteiger partial charge in [0.15, 0.2) is 0 Å². The highest BCUT2D eigenvalue weighted by Gasteiger charge is 2.26. The maximum absolute atomic E-state index is 11.5. The first kappa shape index (κ1) is 16.1. The highest BCUT2D eigenvalue weighted by molar-refractivity contribution is 9.10. The molecule has 0 aliphatic carbocycles. The molecule has 0 aliphatic heterocycles. The first-order chi connectivity index (χ1) is 10.6. The minimum atomic E-state index is -0.477. The molecule has 2 aromatic rings. The van der Waals surface area contributed by atoms with Crippen molar-refractivity contribution < 1.29 is 4.92 Å². The molecule has 0 aromatic carbocycles. The average Bonchev–Trinajstić information content (AvgIpc) is 2.51. The molecule has 0 aliphatic rings. The molecule has 116 valence electrons. The van der Waals surface area contributed by atoms with E-state index in [1.54, 1.807) is 23.2 Å². The Balaban J connectivity index is 2.44. The Hall–Kier alpha value is -2.29. The molecule has 0 spiro atoms. The third kappa shape index (κ3) is 3.48. The molecule has 0 radical (unpaired) electrons. The van der Waals surface area contributed by atoms with Crippen molar-refractivity contribution >= 4 is 39.1 Å². The number of hydrogen-bond donors (Lipinski definition) is 1. The van der Waals surface area contributed by atoms with Crippen LogP contribution in [0.4, 0.5) is 23.1 Å². The van der Waals surface area contributed by atoms with E-state index in [2.05, 4.69) is 36.2 Å². The molecule has 0 amide bonds. The zero-order valence-corrected chi connectivity index (χ0v) is 13.7. The molecule has 2 aromatic heterocycles. The largest absolute Gasteiger partial charge is 0.353 e. The van der Waals surface area contributed by atoms with Gasteiger partial charge in [0.05, 0.1) is 4.92 Å². The number of aromatic nitrogens is 3. The molecule has 2 heterocycles. The predicted octanol–water partition coefficient (Wildman–Crippen LogP) is 3.13. The van der Waals surface area contributed by atoms with Crippen molar-refractivity contribution in [3.63, 3.8) is 0 Å². The normalized spacial score (nSPS) is 10.3. The summed E-state index contributed by atoms with van der Waals surface area (Å²) in [5.74, 6) is 0.886. The average molecular weight is 367 g/mol. The summed E-state index contributed by atoms with van der Waals surface area (Å²) < 4.78 is 0.819. The van der Waals surface area contributed by atoms with Gasteiger partial charge in [0.2, 0.25) is 11.6 Å². The number of nitrogens with zero attached hydrogens (tertiary/aromatic N) is 5. The van der Waals surface area contributed by atoms with E-state index in [0.717, 1.165) is 4.47 Å². The number of nitro groups is 1.